The number of anilines is 2. The minimum Gasteiger partial charge on any atom is -0.462 e. The Hall–Kier alpha value is -3.30. The molecule has 0 spiro atoms. The van der Waals surface area contributed by atoms with E-state index < -0.39 is 24.5 Å². The van der Waals surface area contributed by atoms with Crippen molar-refractivity contribution in [2.45, 2.75) is 6.92 Å². The van der Waals surface area contributed by atoms with Crippen molar-refractivity contribution in [1.29, 1.82) is 0 Å². The molecule has 1 heterocycles. The van der Waals surface area contributed by atoms with Gasteiger partial charge in [-0.3, -0.25) is 4.79 Å². The van der Waals surface area contributed by atoms with Crippen LogP contribution in [0, 0.1) is 0 Å². The van der Waals surface area contributed by atoms with Gasteiger partial charge in [-0.2, -0.15) is 0 Å². The number of hydrogen-bond donors (Lipinski definition) is 2. The molecule has 32 heavy (non-hydrogen) atoms. The molecule has 7 nitrogen and oxygen atoms in total. The molecule has 3 aromatic rings. The van der Waals surface area contributed by atoms with Crippen molar-refractivity contribution in [2.24, 2.45) is 0 Å². The minimum absolute atomic E-state index is 0.207. The third-order valence-electron chi connectivity index (χ3n) is 4.26. The maximum Gasteiger partial charge on any atom is 0.341 e. The lowest BCUT2D eigenvalue weighted by atomic mass is 10.0. The zero-order chi connectivity index (χ0) is 22.9. The first kappa shape index (κ1) is 23.4. The van der Waals surface area contributed by atoms with E-state index in [1.54, 1.807) is 30.5 Å². The predicted octanol–water partition coefficient (Wildman–Crippen LogP) is 5.08. The Morgan fingerprint density at radius 2 is 1.78 bits per heavy atom. The molecule has 0 aliphatic rings. The number of rotatable bonds is 9. The number of hydrogen-bond acceptors (Lipinski definition) is 8. The monoisotopic (exact) mass is 470 g/mol. The van der Waals surface area contributed by atoms with Crippen LogP contribution in [0.5, 0.6) is 0 Å². The van der Waals surface area contributed by atoms with Gasteiger partial charge in [0.15, 0.2) is 6.61 Å². The predicted molar refractivity (Wildman–Crippen MR) is 128 cm³/mol. The minimum atomic E-state index is -0.619. The van der Waals surface area contributed by atoms with Crippen LogP contribution in [0.25, 0.3) is 11.1 Å². The third kappa shape index (κ3) is 5.89. The SMILES string of the molecule is CCOC(=O)c1c(-c2ccccc2)csc1NC(=O)COC(=O)c1cccc(NSC)c1. The van der Waals surface area contributed by atoms with Gasteiger partial charge >= 0.3 is 11.9 Å². The van der Waals surface area contributed by atoms with Gasteiger partial charge in [-0.05, 0) is 30.7 Å². The first-order valence-corrected chi connectivity index (χ1v) is 11.8. The number of amides is 1. The Labute approximate surface area is 194 Å². The highest BCUT2D eigenvalue weighted by Crippen LogP contribution is 2.36. The summed E-state index contributed by atoms with van der Waals surface area (Å²) in [4.78, 5) is 37.3. The average molecular weight is 471 g/mol. The van der Waals surface area contributed by atoms with E-state index in [9.17, 15) is 14.4 Å². The Bertz CT molecular complexity index is 1100. The van der Waals surface area contributed by atoms with Gasteiger partial charge in [-0.1, -0.05) is 48.3 Å². The summed E-state index contributed by atoms with van der Waals surface area (Å²) < 4.78 is 13.3. The van der Waals surface area contributed by atoms with Crippen LogP contribution in [0.15, 0.2) is 60.0 Å². The second-order valence-electron chi connectivity index (χ2n) is 6.45. The number of esters is 2. The zero-order valence-corrected chi connectivity index (χ0v) is 19.2. The molecule has 1 amide bonds. The molecule has 166 valence electrons. The standard InChI is InChI=1S/C23H22N2O5S2/c1-3-29-23(28)20-18(15-8-5-4-6-9-15)14-32-21(20)24-19(26)13-30-22(27)16-10-7-11-17(12-16)25-31-2/h4-12,14,25H,3,13H2,1-2H3,(H,24,26). The molecule has 0 atom stereocenters. The summed E-state index contributed by atoms with van der Waals surface area (Å²) in [5.41, 5.74) is 2.85. The van der Waals surface area contributed by atoms with Crippen LogP contribution >= 0.6 is 23.3 Å². The quantitative estimate of drug-likeness (QED) is 0.333. The van der Waals surface area contributed by atoms with Crippen molar-refractivity contribution in [3.63, 3.8) is 0 Å². The maximum atomic E-state index is 12.6. The summed E-state index contributed by atoms with van der Waals surface area (Å²) in [7, 11) is 0. The smallest absolute Gasteiger partial charge is 0.341 e. The lowest BCUT2D eigenvalue weighted by molar-refractivity contribution is -0.119. The molecule has 0 radical (unpaired) electrons. The number of benzene rings is 2. The second-order valence-corrected chi connectivity index (χ2v) is 7.94. The first-order valence-electron chi connectivity index (χ1n) is 9.73. The van der Waals surface area contributed by atoms with Gasteiger partial charge in [0.25, 0.3) is 5.91 Å². The van der Waals surface area contributed by atoms with E-state index in [1.165, 1.54) is 23.3 Å². The van der Waals surface area contributed by atoms with Crippen LogP contribution in [-0.4, -0.2) is 37.3 Å². The van der Waals surface area contributed by atoms with Crippen molar-refractivity contribution in [2.75, 3.05) is 29.5 Å². The van der Waals surface area contributed by atoms with Crippen molar-refractivity contribution in [3.8, 4) is 11.1 Å². The van der Waals surface area contributed by atoms with Gasteiger partial charge in [0.2, 0.25) is 0 Å². The molecule has 3 rings (SSSR count). The number of thiophene rings is 1. The average Bonchev–Trinajstić information content (AvgIpc) is 3.22. The van der Waals surface area contributed by atoms with Gasteiger partial charge in [-0.25, -0.2) is 9.59 Å². The van der Waals surface area contributed by atoms with Crippen molar-refractivity contribution in [1.82, 2.24) is 0 Å². The van der Waals surface area contributed by atoms with E-state index in [0.29, 0.717) is 16.1 Å². The normalized spacial score (nSPS) is 10.3. The van der Waals surface area contributed by atoms with Gasteiger partial charge in [-0.15, -0.1) is 11.3 Å². The highest BCUT2D eigenvalue weighted by Gasteiger charge is 2.23. The van der Waals surface area contributed by atoms with Crippen LogP contribution in [0.2, 0.25) is 0 Å². The number of ether oxygens (including phenoxy) is 2. The molecule has 0 bridgehead atoms. The van der Waals surface area contributed by atoms with Crippen LogP contribution in [0.3, 0.4) is 0 Å². The Morgan fingerprint density at radius 3 is 2.50 bits per heavy atom. The van der Waals surface area contributed by atoms with E-state index in [0.717, 1.165) is 11.3 Å². The van der Waals surface area contributed by atoms with E-state index in [2.05, 4.69) is 10.0 Å². The fourth-order valence-corrected chi connectivity index (χ4v) is 4.23. The molecule has 2 aromatic carbocycles. The fourth-order valence-electron chi connectivity index (χ4n) is 2.89. The number of carbonyl (C=O) groups excluding carboxylic acids is 3. The molecule has 9 heteroatoms. The van der Waals surface area contributed by atoms with Gasteiger partial charge in [0.1, 0.15) is 10.6 Å². The molecule has 0 saturated heterocycles. The van der Waals surface area contributed by atoms with Crippen LogP contribution in [0.1, 0.15) is 27.6 Å². The van der Waals surface area contributed by atoms with Crippen molar-refractivity contribution >= 4 is 51.8 Å². The molecule has 0 unspecified atom stereocenters. The molecule has 0 saturated carbocycles. The Kier molecular flexibility index (Phi) is 8.29. The first-order chi connectivity index (χ1) is 15.5. The van der Waals surface area contributed by atoms with Crippen molar-refractivity contribution in [3.05, 3.63) is 71.1 Å². The topological polar surface area (TPSA) is 93.7 Å². The van der Waals surface area contributed by atoms with E-state index in [-0.39, 0.29) is 12.2 Å². The molecule has 0 aliphatic carbocycles. The maximum absolute atomic E-state index is 12.6. The fraction of sp³-hybridized carbons (Fsp3) is 0.174. The zero-order valence-electron chi connectivity index (χ0n) is 17.5. The van der Waals surface area contributed by atoms with Gasteiger partial charge in [0.05, 0.1) is 12.2 Å². The summed E-state index contributed by atoms with van der Waals surface area (Å²) >= 11 is 2.61. The lowest BCUT2D eigenvalue weighted by Gasteiger charge is -2.10. The number of carbonyl (C=O) groups is 3. The second kappa shape index (κ2) is 11.4. The largest absolute Gasteiger partial charge is 0.462 e. The van der Waals surface area contributed by atoms with Crippen LogP contribution in [0.4, 0.5) is 10.7 Å². The molecular formula is C23H22N2O5S2. The van der Waals surface area contributed by atoms with Crippen LogP contribution < -0.4 is 10.0 Å². The lowest BCUT2D eigenvalue weighted by Crippen LogP contribution is -2.21. The Morgan fingerprint density at radius 1 is 1.00 bits per heavy atom. The van der Waals surface area contributed by atoms with E-state index >= 15 is 0 Å². The Balaban J connectivity index is 1.70. The summed E-state index contributed by atoms with van der Waals surface area (Å²) in [6.45, 7) is 1.44. The molecule has 0 aliphatic heterocycles. The number of nitrogens with one attached hydrogen (secondary N) is 2. The summed E-state index contributed by atoms with van der Waals surface area (Å²) in [5, 5.41) is 4.79. The molecular weight excluding hydrogens is 448 g/mol. The van der Waals surface area contributed by atoms with Gasteiger partial charge < -0.3 is 19.5 Å². The molecule has 0 fully saturated rings. The van der Waals surface area contributed by atoms with E-state index in [1.807, 2.05) is 42.7 Å². The summed E-state index contributed by atoms with van der Waals surface area (Å²) in [5.74, 6) is -1.70. The highest BCUT2D eigenvalue weighted by molar-refractivity contribution is 7.99. The summed E-state index contributed by atoms with van der Waals surface area (Å²) in [6.07, 6.45) is 1.87. The highest BCUT2D eigenvalue weighted by atomic mass is 32.2. The summed E-state index contributed by atoms with van der Waals surface area (Å²) in [6, 6.07) is 16.1. The van der Waals surface area contributed by atoms with Gasteiger partial charge in [0, 0.05) is 22.9 Å². The third-order valence-corrected chi connectivity index (χ3v) is 5.60. The molecule has 2 N–H and O–H groups in total. The molecule has 1 aromatic heterocycles. The van der Waals surface area contributed by atoms with Crippen LogP contribution in [-0.2, 0) is 14.3 Å². The van der Waals surface area contributed by atoms with Crippen molar-refractivity contribution < 1.29 is 23.9 Å². The van der Waals surface area contributed by atoms with E-state index in [4.69, 9.17) is 9.47 Å².